The summed E-state index contributed by atoms with van der Waals surface area (Å²) in [6.45, 7) is 11.3. The Labute approximate surface area is 70.2 Å². The van der Waals surface area contributed by atoms with Crippen LogP contribution >= 0.6 is 0 Å². The predicted molar refractivity (Wildman–Crippen MR) is 51.4 cm³/mol. The van der Waals surface area contributed by atoms with Gasteiger partial charge in [-0.25, -0.2) is 0 Å². The molecule has 0 rings (SSSR count). The van der Waals surface area contributed by atoms with Gasteiger partial charge in [0, 0.05) is 12.2 Å². The number of hydrogen-bond acceptors (Lipinski definition) is 1. The van der Waals surface area contributed by atoms with Gasteiger partial charge in [0.05, 0.1) is 0 Å². The second kappa shape index (κ2) is 6.02. The minimum absolute atomic E-state index is 0.703. The zero-order valence-corrected chi connectivity index (χ0v) is 7.85. The van der Waals surface area contributed by atoms with Crippen LogP contribution in [0.1, 0.15) is 27.2 Å². The lowest BCUT2D eigenvalue weighted by Gasteiger charge is -2.10. The summed E-state index contributed by atoms with van der Waals surface area (Å²) in [6, 6.07) is 0. The van der Waals surface area contributed by atoms with Gasteiger partial charge in [0.1, 0.15) is 0 Å². The fraction of sp³-hybridized carbons (Fsp3) is 0.600. The van der Waals surface area contributed by atoms with Crippen LogP contribution in [0.25, 0.3) is 0 Å². The standard InChI is InChI=1S/C10H19N/c1-5-7-10(6-2)11-8-9(3)4/h5,7,9,11H,1,6,8H2,2-4H3/b10-7+. The van der Waals surface area contributed by atoms with Crippen LogP contribution in [0.15, 0.2) is 24.4 Å². The molecule has 0 saturated heterocycles. The van der Waals surface area contributed by atoms with Gasteiger partial charge in [-0.2, -0.15) is 0 Å². The van der Waals surface area contributed by atoms with E-state index in [1.165, 1.54) is 5.70 Å². The highest BCUT2D eigenvalue weighted by molar-refractivity contribution is 5.07. The first-order chi connectivity index (χ1) is 5.20. The van der Waals surface area contributed by atoms with Crippen LogP contribution < -0.4 is 5.32 Å². The van der Waals surface area contributed by atoms with Gasteiger partial charge in [0.2, 0.25) is 0 Å². The van der Waals surface area contributed by atoms with E-state index in [1.807, 2.05) is 12.2 Å². The zero-order valence-electron chi connectivity index (χ0n) is 7.85. The Bertz CT molecular complexity index is 134. The fourth-order valence-electron chi connectivity index (χ4n) is 0.779. The molecule has 0 spiro atoms. The number of allylic oxidation sites excluding steroid dienone is 3. The van der Waals surface area contributed by atoms with Crippen molar-refractivity contribution in [2.75, 3.05) is 6.54 Å². The molecule has 0 aromatic heterocycles. The molecule has 64 valence electrons. The Morgan fingerprint density at radius 3 is 2.55 bits per heavy atom. The van der Waals surface area contributed by atoms with E-state index in [1.54, 1.807) is 0 Å². The third-order valence-corrected chi connectivity index (χ3v) is 1.44. The second-order valence-corrected chi connectivity index (χ2v) is 3.06. The van der Waals surface area contributed by atoms with Crippen LogP contribution in [0.4, 0.5) is 0 Å². The van der Waals surface area contributed by atoms with Crippen molar-refractivity contribution in [3.05, 3.63) is 24.4 Å². The quantitative estimate of drug-likeness (QED) is 0.599. The summed E-state index contributed by atoms with van der Waals surface area (Å²) in [5, 5.41) is 3.36. The van der Waals surface area contributed by atoms with E-state index in [0.29, 0.717) is 5.92 Å². The summed E-state index contributed by atoms with van der Waals surface area (Å²) in [5.74, 6) is 0.703. The van der Waals surface area contributed by atoms with Crippen molar-refractivity contribution < 1.29 is 0 Å². The predicted octanol–water partition coefficient (Wildman–Crippen LogP) is 2.71. The first-order valence-electron chi connectivity index (χ1n) is 4.26. The molecule has 0 radical (unpaired) electrons. The molecular formula is C10H19N. The van der Waals surface area contributed by atoms with Gasteiger partial charge in [-0.15, -0.1) is 0 Å². The van der Waals surface area contributed by atoms with Crippen LogP contribution in [0.3, 0.4) is 0 Å². The maximum Gasteiger partial charge on any atom is 0.0167 e. The maximum atomic E-state index is 3.66. The second-order valence-electron chi connectivity index (χ2n) is 3.06. The molecule has 0 atom stereocenters. The highest BCUT2D eigenvalue weighted by Crippen LogP contribution is 1.97. The summed E-state index contributed by atoms with van der Waals surface area (Å²) in [7, 11) is 0. The van der Waals surface area contributed by atoms with Gasteiger partial charge < -0.3 is 5.32 Å². The van der Waals surface area contributed by atoms with Crippen LogP contribution in [-0.4, -0.2) is 6.54 Å². The molecule has 0 fully saturated rings. The molecular weight excluding hydrogens is 134 g/mol. The lowest BCUT2D eigenvalue weighted by atomic mass is 10.2. The number of nitrogens with one attached hydrogen (secondary N) is 1. The largest absolute Gasteiger partial charge is 0.388 e. The van der Waals surface area contributed by atoms with Gasteiger partial charge in [-0.05, 0) is 18.4 Å². The molecule has 0 aliphatic heterocycles. The molecule has 1 heteroatoms. The topological polar surface area (TPSA) is 12.0 Å². The molecule has 0 aliphatic rings. The molecule has 1 nitrogen and oxygen atoms in total. The van der Waals surface area contributed by atoms with Gasteiger partial charge in [-0.3, -0.25) is 0 Å². The molecule has 0 heterocycles. The Balaban J connectivity index is 3.69. The van der Waals surface area contributed by atoms with E-state index < -0.39 is 0 Å². The molecule has 0 amide bonds. The summed E-state index contributed by atoms with van der Waals surface area (Å²) in [6.07, 6.45) is 4.91. The van der Waals surface area contributed by atoms with Crippen molar-refractivity contribution in [1.82, 2.24) is 5.32 Å². The monoisotopic (exact) mass is 153 g/mol. The molecule has 0 unspecified atom stereocenters. The van der Waals surface area contributed by atoms with Gasteiger partial charge >= 0.3 is 0 Å². The van der Waals surface area contributed by atoms with Crippen LogP contribution in [0.2, 0.25) is 0 Å². The highest BCUT2D eigenvalue weighted by atomic mass is 14.9. The lowest BCUT2D eigenvalue weighted by molar-refractivity contribution is 0.588. The van der Waals surface area contributed by atoms with Crippen molar-refractivity contribution >= 4 is 0 Å². The van der Waals surface area contributed by atoms with E-state index in [4.69, 9.17) is 0 Å². The smallest absolute Gasteiger partial charge is 0.0167 e. The average molecular weight is 153 g/mol. The first-order valence-corrected chi connectivity index (χ1v) is 4.26. The molecule has 11 heavy (non-hydrogen) atoms. The third kappa shape index (κ3) is 5.71. The van der Waals surface area contributed by atoms with Gasteiger partial charge in [-0.1, -0.05) is 33.4 Å². The van der Waals surface area contributed by atoms with Crippen molar-refractivity contribution in [3.63, 3.8) is 0 Å². The van der Waals surface area contributed by atoms with Crippen molar-refractivity contribution in [1.29, 1.82) is 0 Å². The maximum absolute atomic E-state index is 3.66. The number of hydrogen-bond donors (Lipinski definition) is 1. The Kier molecular flexibility index (Phi) is 5.63. The summed E-state index contributed by atoms with van der Waals surface area (Å²) in [4.78, 5) is 0. The van der Waals surface area contributed by atoms with Gasteiger partial charge in [0.25, 0.3) is 0 Å². The fourth-order valence-corrected chi connectivity index (χ4v) is 0.779. The van der Waals surface area contributed by atoms with Crippen LogP contribution in [0, 0.1) is 5.92 Å². The highest BCUT2D eigenvalue weighted by Gasteiger charge is 1.93. The van der Waals surface area contributed by atoms with E-state index in [-0.39, 0.29) is 0 Å². The normalized spacial score (nSPS) is 11.8. The van der Waals surface area contributed by atoms with Crippen molar-refractivity contribution in [2.45, 2.75) is 27.2 Å². The van der Waals surface area contributed by atoms with Crippen LogP contribution in [0.5, 0.6) is 0 Å². The van der Waals surface area contributed by atoms with Crippen LogP contribution in [-0.2, 0) is 0 Å². The first kappa shape index (κ1) is 10.3. The minimum atomic E-state index is 0.703. The van der Waals surface area contributed by atoms with E-state index in [2.05, 4.69) is 32.7 Å². The molecule has 0 saturated carbocycles. The molecule has 0 aliphatic carbocycles. The van der Waals surface area contributed by atoms with E-state index >= 15 is 0 Å². The van der Waals surface area contributed by atoms with E-state index in [0.717, 1.165) is 13.0 Å². The van der Waals surface area contributed by atoms with Crippen molar-refractivity contribution in [3.8, 4) is 0 Å². The summed E-state index contributed by atoms with van der Waals surface area (Å²) in [5.41, 5.74) is 1.27. The Morgan fingerprint density at radius 2 is 2.18 bits per heavy atom. The molecule has 0 bridgehead atoms. The number of rotatable bonds is 5. The summed E-state index contributed by atoms with van der Waals surface area (Å²) < 4.78 is 0. The van der Waals surface area contributed by atoms with Gasteiger partial charge in [0.15, 0.2) is 0 Å². The lowest BCUT2D eigenvalue weighted by Crippen LogP contribution is -2.18. The summed E-state index contributed by atoms with van der Waals surface area (Å²) >= 11 is 0. The molecule has 0 aromatic rings. The molecule has 1 N–H and O–H groups in total. The zero-order chi connectivity index (χ0) is 8.69. The Hall–Kier alpha value is -0.720. The average Bonchev–Trinajstić information content (AvgIpc) is 1.97. The van der Waals surface area contributed by atoms with Crippen molar-refractivity contribution in [2.24, 2.45) is 5.92 Å². The Morgan fingerprint density at radius 1 is 1.55 bits per heavy atom. The molecule has 0 aromatic carbocycles. The third-order valence-electron chi connectivity index (χ3n) is 1.44. The minimum Gasteiger partial charge on any atom is -0.388 e. The van der Waals surface area contributed by atoms with E-state index in [9.17, 15) is 0 Å². The SMILES string of the molecule is C=C/C=C(\CC)NCC(C)C.